The van der Waals surface area contributed by atoms with Crippen LogP contribution in [0.25, 0.3) is 0 Å². The lowest BCUT2D eigenvalue weighted by atomic mass is 10.1. The second-order valence-corrected chi connectivity index (χ2v) is 5.24. The number of rotatable bonds is 7. The maximum atomic E-state index is 4.02. The Labute approximate surface area is 151 Å². The fourth-order valence-corrected chi connectivity index (χ4v) is 1.11. The first-order valence-electron chi connectivity index (χ1n) is 10.2. The minimum absolute atomic E-state index is 0.860. The number of nitrogens with zero attached hydrogens (tertiary/aromatic N) is 1. The molecule has 0 saturated heterocycles. The lowest BCUT2D eigenvalue weighted by Crippen LogP contribution is -1.85. The molecule has 0 rings (SSSR count). The monoisotopic (exact) mass is 329 g/mol. The fraction of sp³-hybridized carbons (Fsp3) is 0.864. The van der Waals surface area contributed by atoms with Crippen molar-refractivity contribution in [1.29, 1.82) is 0 Å². The molecular weight excluding hydrogens is 278 g/mol. The molecule has 0 amide bonds. The van der Waals surface area contributed by atoms with Crippen molar-refractivity contribution in [3.63, 3.8) is 0 Å². The van der Waals surface area contributed by atoms with Crippen LogP contribution in [0.1, 0.15) is 115 Å². The van der Waals surface area contributed by atoms with Crippen LogP contribution in [-0.2, 0) is 0 Å². The molecule has 0 saturated carbocycles. The molecule has 0 aromatic heterocycles. The van der Waals surface area contributed by atoms with E-state index in [4.69, 9.17) is 0 Å². The van der Waals surface area contributed by atoms with Crippen LogP contribution in [0.5, 0.6) is 0 Å². The van der Waals surface area contributed by atoms with Gasteiger partial charge in [-0.25, -0.2) is 0 Å². The van der Waals surface area contributed by atoms with Crippen molar-refractivity contribution < 1.29 is 0 Å². The highest BCUT2D eigenvalue weighted by atomic mass is 14.7. The lowest BCUT2D eigenvalue weighted by Gasteiger charge is -2.00. The van der Waals surface area contributed by atoms with Crippen molar-refractivity contribution >= 4 is 6.21 Å². The number of allylic oxidation sites excluding steroid dienone is 1. The highest BCUT2D eigenvalue weighted by Crippen LogP contribution is 2.06. The van der Waals surface area contributed by atoms with Crippen molar-refractivity contribution in [2.24, 2.45) is 10.9 Å². The molecule has 0 heterocycles. The van der Waals surface area contributed by atoms with Gasteiger partial charge >= 0.3 is 0 Å². The standard InChI is InChI=1S/C8H18.C7H13N.C3H8.2C2H6/c1-4-5-6-7-8(2)3;1-4-7(3)6-8-5-2;1-3-2;2*1-2/h8H,4-7H2,1-3H3;6H,3-5H2,1-2H3;3H2,1-2H3;2*1-2H3. The van der Waals surface area contributed by atoms with Crippen molar-refractivity contribution in [2.45, 2.75) is 115 Å². The predicted molar refractivity (Wildman–Crippen MR) is 116 cm³/mol. The number of unbranched alkanes of at least 4 members (excludes halogenated alkanes) is 2. The van der Waals surface area contributed by atoms with Crippen LogP contribution >= 0.6 is 0 Å². The van der Waals surface area contributed by atoms with Crippen molar-refractivity contribution in [3.8, 4) is 0 Å². The Morgan fingerprint density at radius 1 is 0.913 bits per heavy atom. The summed E-state index contributed by atoms with van der Waals surface area (Å²) in [6.45, 7) is 27.8. The molecule has 0 aliphatic carbocycles. The predicted octanol–water partition coefficient (Wildman–Crippen LogP) is 8.73. The normalized spacial score (nSPS) is 8.52. The third-order valence-corrected chi connectivity index (χ3v) is 2.30. The molecular formula is C22H51N. The third kappa shape index (κ3) is 74.4. The fourth-order valence-electron chi connectivity index (χ4n) is 1.11. The van der Waals surface area contributed by atoms with Crippen LogP contribution in [-0.4, -0.2) is 12.8 Å². The van der Waals surface area contributed by atoms with Gasteiger partial charge in [0.2, 0.25) is 0 Å². The second-order valence-electron chi connectivity index (χ2n) is 5.24. The lowest BCUT2D eigenvalue weighted by molar-refractivity contribution is 0.534. The molecule has 23 heavy (non-hydrogen) atoms. The van der Waals surface area contributed by atoms with Crippen LogP contribution in [0, 0.1) is 5.92 Å². The minimum Gasteiger partial charge on any atom is -0.293 e. The average Bonchev–Trinajstić information content (AvgIpc) is 2.57. The molecule has 0 bridgehead atoms. The maximum absolute atomic E-state index is 4.02. The summed E-state index contributed by atoms with van der Waals surface area (Å²) in [6, 6.07) is 0. The third-order valence-electron chi connectivity index (χ3n) is 2.30. The Morgan fingerprint density at radius 2 is 1.35 bits per heavy atom. The van der Waals surface area contributed by atoms with E-state index in [2.05, 4.69) is 53.1 Å². The van der Waals surface area contributed by atoms with E-state index in [1.807, 2.05) is 40.8 Å². The quantitative estimate of drug-likeness (QED) is 0.327. The topological polar surface area (TPSA) is 12.4 Å². The van der Waals surface area contributed by atoms with E-state index in [9.17, 15) is 0 Å². The number of aliphatic imine (C=N–C) groups is 1. The summed E-state index contributed by atoms with van der Waals surface area (Å²) in [5, 5.41) is 0. The van der Waals surface area contributed by atoms with Gasteiger partial charge in [0.25, 0.3) is 0 Å². The highest BCUT2D eigenvalue weighted by Gasteiger charge is 1.90. The first-order chi connectivity index (χ1) is 11.0. The van der Waals surface area contributed by atoms with Crippen LogP contribution in [0.3, 0.4) is 0 Å². The molecule has 0 radical (unpaired) electrons. The van der Waals surface area contributed by atoms with Crippen LogP contribution in [0.2, 0.25) is 0 Å². The molecule has 0 atom stereocenters. The summed E-state index contributed by atoms with van der Waals surface area (Å²) in [4.78, 5) is 4.02. The Bertz CT molecular complexity index is 180. The Morgan fingerprint density at radius 3 is 1.61 bits per heavy atom. The summed E-state index contributed by atoms with van der Waals surface area (Å²) >= 11 is 0. The van der Waals surface area contributed by atoms with Gasteiger partial charge in [0, 0.05) is 12.8 Å². The molecule has 0 aliphatic heterocycles. The van der Waals surface area contributed by atoms with Gasteiger partial charge < -0.3 is 0 Å². The molecule has 0 aromatic carbocycles. The molecule has 0 unspecified atom stereocenters. The minimum atomic E-state index is 0.860. The second kappa shape index (κ2) is 43.0. The molecule has 1 nitrogen and oxygen atoms in total. The van der Waals surface area contributed by atoms with Crippen LogP contribution < -0.4 is 0 Å². The van der Waals surface area contributed by atoms with E-state index >= 15 is 0 Å². The molecule has 1 heteroatoms. The molecule has 144 valence electrons. The highest BCUT2D eigenvalue weighted by molar-refractivity contribution is 5.77. The van der Waals surface area contributed by atoms with Gasteiger partial charge in [-0.3, -0.25) is 4.99 Å². The first kappa shape index (κ1) is 33.9. The number of hydrogen-bond donors (Lipinski definition) is 0. The van der Waals surface area contributed by atoms with E-state index < -0.39 is 0 Å². The largest absolute Gasteiger partial charge is 0.293 e. The molecule has 0 aromatic rings. The van der Waals surface area contributed by atoms with Crippen molar-refractivity contribution in [3.05, 3.63) is 12.2 Å². The van der Waals surface area contributed by atoms with Gasteiger partial charge in [-0.15, -0.1) is 0 Å². The van der Waals surface area contributed by atoms with Gasteiger partial charge in [-0.1, -0.05) is 108 Å². The zero-order chi connectivity index (χ0) is 19.5. The maximum Gasteiger partial charge on any atom is 0.0361 e. The van der Waals surface area contributed by atoms with Crippen LogP contribution in [0.15, 0.2) is 17.1 Å². The Hall–Kier alpha value is -0.590. The van der Waals surface area contributed by atoms with E-state index in [-0.39, 0.29) is 0 Å². The van der Waals surface area contributed by atoms with E-state index in [0.29, 0.717) is 0 Å². The average molecular weight is 330 g/mol. The molecule has 0 N–H and O–H groups in total. The van der Waals surface area contributed by atoms with Gasteiger partial charge in [-0.2, -0.15) is 0 Å². The first-order valence-corrected chi connectivity index (χ1v) is 10.2. The Balaban J connectivity index is -0.0000000677. The van der Waals surface area contributed by atoms with Crippen molar-refractivity contribution in [2.75, 3.05) is 6.54 Å². The van der Waals surface area contributed by atoms with Gasteiger partial charge in [-0.05, 0) is 24.8 Å². The van der Waals surface area contributed by atoms with E-state index in [1.54, 1.807) is 0 Å². The number of hydrogen-bond acceptors (Lipinski definition) is 1. The summed E-state index contributed by atoms with van der Waals surface area (Å²) < 4.78 is 0. The van der Waals surface area contributed by atoms with Crippen LogP contribution in [0.4, 0.5) is 0 Å². The smallest absolute Gasteiger partial charge is 0.0361 e. The van der Waals surface area contributed by atoms with E-state index in [0.717, 1.165) is 24.5 Å². The molecule has 0 fully saturated rings. The van der Waals surface area contributed by atoms with Gasteiger partial charge in [0.05, 0.1) is 0 Å². The summed E-state index contributed by atoms with van der Waals surface area (Å²) in [6.07, 6.45) is 9.69. The van der Waals surface area contributed by atoms with E-state index in [1.165, 1.54) is 32.1 Å². The summed E-state index contributed by atoms with van der Waals surface area (Å²) in [7, 11) is 0. The zero-order valence-corrected chi connectivity index (χ0v) is 18.8. The SMILES string of the molecule is C=C(C=NCC)CC.CC.CC.CCC.CCCCCC(C)C. The van der Waals surface area contributed by atoms with Crippen molar-refractivity contribution in [1.82, 2.24) is 0 Å². The molecule has 0 spiro atoms. The zero-order valence-electron chi connectivity index (χ0n) is 18.8. The van der Waals surface area contributed by atoms with Gasteiger partial charge in [0.1, 0.15) is 0 Å². The summed E-state index contributed by atoms with van der Waals surface area (Å²) in [5.41, 5.74) is 1.10. The Kier molecular flexibility index (Phi) is 63.3. The summed E-state index contributed by atoms with van der Waals surface area (Å²) in [5.74, 6) is 0.904. The van der Waals surface area contributed by atoms with Gasteiger partial charge in [0.15, 0.2) is 0 Å². The molecule has 0 aliphatic rings.